The molecule has 178 valence electrons. The van der Waals surface area contributed by atoms with Crippen LogP contribution in [0.4, 0.5) is 5.69 Å². The molecule has 0 heterocycles. The summed E-state index contributed by atoms with van der Waals surface area (Å²) >= 11 is 0. The molecule has 0 aromatic heterocycles. The number of halogens is 1. The first-order valence-electron chi connectivity index (χ1n) is 11.6. The summed E-state index contributed by atoms with van der Waals surface area (Å²) in [5.41, 5.74) is 1.24. The molecule has 0 spiro atoms. The molecule has 2 atom stereocenters. The molecule has 8 nitrogen and oxygen atoms in total. The molecule has 0 radical (unpaired) electrons. The molecule has 9 heteroatoms. The van der Waals surface area contributed by atoms with Crippen LogP contribution in [0.15, 0.2) is 29.3 Å². The highest BCUT2D eigenvalue weighted by molar-refractivity contribution is 14.0. The Morgan fingerprint density at radius 2 is 1.84 bits per heavy atom. The van der Waals surface area contributed by atoms with Crippen molar-refractivity contribution >= 4 is 41.5 Å². The van der Waals surface area contributed by atoms with Gasteiger partial charge in [-0.15, -0.1) is 24.0 Å². The SMILES string of the molecule is CCNC(=NCCCCc1ccc([N+](=O)[O-])cc1)NC1CCCC(C(=O)NC2CC2)C1.I. The van der Waals surface area contributed by atoms with Gasteiger partial charge in [-0.25, -0.2) is 0 Å². The Balaban J connectivity index is 0.00000363. The van der Waals surface area contributed by atoms with E-state index in [9.17, 15) is 14.9 Å². The molecule has 3 rings (SSSR count). The standard InChI is InChI=1S/C23H35N5O3.HI/c1-2-24-23(25-15-4-3-6-17-9-13-21(14-10-17)28(30)31)27-20-8-5-7-18(16-20)22(29)26-19-11-12-19;/h9-10,13-14,18-20H,2-8,11-12,15-16H2,1H3,(H,26,29)(H2,24,25,27);1H. The average molecular weight is 557 g/mol. The number of guanidine groups is 1. The third kappa shape index (κ3) is 8.91. The van der Waals surface area contributed by atoms with Crippen LogP contribution in [0.1, 0.15) is 63.9 Å². The summed E-state index contributed by atoms with van der Waals surface area (Å²) in [5.74, 6) is 1.16. The maximum absolute atomic E-state index is 12.4. The number of aliphatic imine (C=N–C) groups is 1. The number of hydrogen-bond acceptors (Lipinski definition) is 4. The minimum Gasteiger partial charge on any atom is -0.357 e. The first kappa shape index (κ1) is 26.3. The number of carbonyl (C=O) groups excluding carboxylic acids is 1. The molecule has 2 aliphatic carbocycles. The third-order valence-corrected chi connectivity index (χ3v) is 5.94. The summed E-state index contributed by atoms with van der Waals surface area (Å²) < 4.78 is 0. The second kappa shape index (κ2) is 13.6. The molecular formula is C23H36IN5O3. The van der Waals surface area contributed by atoms with Gasteiger partial charge in [0.15, 0.2) is 5.96 Å². The lowest BCUT2D eigenvalue weighted by Crippen LogP contribution is -2.47. The zero-order valence-electron chi connectivity index (χ0n) is 18.8. The van der Waals surface area contributed by atoms with E-state index >= 15 is 0 Å². The second-order valence-electron chi connectivity index (χ2n) is 8.63. The highest BCUT2D eigenvalue weighted by Crippen LogP contribution is 2.26. The Morgan fingerprint density at radius 1 is 1.09 bits per heavy atom. The molecule has 2 unspecified atom stereocenters. The van der Waals surface area contributed by atoms with E-state index in [1.54, 1.807) is 12.1 Å². The number of nitro benzene ring substituents is 1. The number of hydrogen-bond donors (Lipinski definition) is 3. The minimum atomic E-state index is -0.373. The normalized spacial score (nSPS) is 20.7. The van der Waals surface area contributed by atoms with Gasteiger partial charge in [0.2, 0.25) is 5.91 Å². The Hall–Kier alpha value is -1.91. The molecule has 0 aliphatic heterocycles. The van der Waals surface area contributed by atoms with Crippen molar-refractivity contribution in [2.24, 2.45) is 10.9 Å². The van der Waals surface area contributed by atoms with E-state index in [2.05, 4.69) is 22.9 Å². The molecule has 0 bridgehead atoms. The Labute approximate surface area is 207 Å². The van der Waals surface area contributed by atoms with Crippen molar-refractivity contribution in [1.82, 2.24) is 16.0 Å². The van der Waals surface area contributed by atoms with E-state index in [1.165, 1.54) is 0 Å². The number of amides is 1. The summed E-state index contributed by atoms with van der Waals surface area (Å²) in [6, 6.07) is 7.47. The van der Waals surface area contributed by atoms with E-state index in [4.69, 9.17) is 4.99 Å². The van der Waals surface area contributed by atoms with Gasteiger partial charge in [0.1, 0.15) is 0 Å². The summed E-state index contributed by atoms with van der Waals surface area (Å²) in [5, 5.41) is 20.7. The van der Waals surface area contributed by atoms with Crippen LogP contribution in [-0.4, -0.2) is 42.0 Å². The topological polar surface area (TPSA) is 109 Å². The van der Waals surface area contributed by atoms with Gasteiger partial charge >= 0.3 is 0 Å². The summed E-state index contributed by atoms with van der Waals surface area (Å²) in [6.45, 7) is 3.58. The first-order valence-corrected chi connectivity index (χ1v) is 11.6. The molecule has 3 N–H and O–H groups in total. The van der Waals surface area contributed by atoms with Gasteiger partial charge in [-0.05, 0) is 63.9 Å². The number of non-ortho nitro benzene ring substituents is 1. The average Bonchev–Trinajstić information content (AvgIpc) is 3.58. The van der Waals surface area contributed by atoms with Crippen molar-refractivity contribution in [3.05, 3.63) is 39.9 Å². The van der Waals surface area contributed by atoms with Crippen LogP contribution in [0.2, 0.25) is 0 Å². The molecule has 0 saturated heterocycles. The number of unbranched alkanes of at least 4 members (excludes halogenated alkanes) is 1. The van der Waals surface area contributed by atoms with Gasteiger partial charge in [-0.2, -0.15) is 0 Å². The molecule has 2 saturated carbocycles. The van der Waals surface area contributed by atoms with Gasteiger partial charge in [-0.1, -0.05) is 18.6 Å². The fourth-order valence-corrected chi connectivity index (χ4v) is 4.04. The van der Waals surface area contributed by atoms with Crippen molar-refractivity contribution < 1.29 is 9.72 Å². The van der Waals surface area contributed by atoms with Crippen molar-refractivity contribution in [2.75, 3.05) is 13.1 Å². The van der Waals surface area contributed by atoms with Crippen molar-refractivity contribution in [3.8, 4) is 0 Å². The fourth-order valence-electron chi connectivity index (χ4n) is 4.04. The van der Waals surface area contributed by atoms with Crippen molar-refractivity contribution in [2.45, 2.75) is 76.8 Å². The number of benzene rings is 1. The number of nitrogens with zero attached hydrogens (tertiary/aromatic N) is 2. The summed E-state index contributed by atoms with van der Waals surface area (Å²) in [7, 11) is 0. The van der Waals surface area contributed by atoms with Gasteiger partial charge in [0.05, 0.1) is 4.92 Å². The van der Waals surface area contributed by atoms with E-state index in [-0.39, 0.29) is 52.5 Å². The lowest BCUT2D eigenvalue weighted by atomic mass is 9.85. The van der Waals surface area contributed by atoms with Crippen LogP contribution in [-0.2, 0) is 11.2 Å². The fraction of sp³-hybridized carbons (Fsp3) is 0.652. The van der Waals surface area contributed by atoms with Crippen LogP contribution >= 0.6 is 24.0 Å². The van der Waals surface area contributed by atoms with E-state index < -0.39 is 0 Å². The quantitative estimate of drug-likeness (QED) is 0.101. The maximum Gasteiger partial charge on any atom is 0.269 e. The predicted molar refractivity (Wildman–Crippen MR) is 137 cm³/mol. The molecular weight excluding hydrogens is 521 g/mol. The Kier molecular flexibility index (Phi) is 11.2. The van der Waals surface area contributed by atoms with Gasteiger partial charge in [0, 0.05) is 43.2 Å². The Bertz CT molecular complexity index is 767. The van der Waals surface area contributed by atoms with Crippen molar-refractivity contribution in [3.63, 3.8) is 0 Å². The lowest BCUT2D eigenvalue weighted by molar-refractivity contribution is -0.384. The molecule has 1 amide bonds. The maximum atomic E-state index is 12.4. The Morgan fingerprint density at radius 3 is 2.50 bits per heavy atom. The molecule has 1 aromatic rings. The van der Waals surface area contributed by atoms with Crippen LogP contribution in [0, 0.1) is 16.0 Å². The van der Waals surface area contributed by atoms with Crippen LogP contribution in [0.5, 0.6) is 0 Å². The molecule has 2 aliphatic rings. The van der Waals surface area contributed by atoms with E-state index in [0.717, 1.165) is 82.4 Å². The van der Waals surface area contributed by atoms with Crippen LogP contribution in [0.3, 0.4) is 0 Å². The van der Waals surface area contributed by atoms with Gasteiger partial charge in [0.25, 0.3) is 5.69 Å². The zero-order valence-corrected chi connectivity index (χ0v) is 21.2. The second-order valence-corrected chi connectivity index (χ2v) is 8.63. The zero-order chi connectivity index (χ0) is 22.1. The number of rotatable bonds is 10. The third-order valence-electron chi connectivity index (χ3n) is 5.94. The number of nitro groups is 1. The highest BCUT2D eigenvalue weighted by atomic mass is 127. The monoisotopic (exact) mass is 557 g/mol. The predicted octanol–water partition coefficient (Wildman–Crippen LogP) is 3.93. The lowest BCUT2D eigenvalue weighted by Gasteiger charge is -2.30. The van der Waals surface area contributed by atoms with Gasteiger partial charge < -0.3 is 16.0 Å². The number of nitrogens with one attached hydrogen (secondary N) is 3. The van der Waals surface area contributed by atoms with E-state index in [0.29, 0.717) is 6.04 Å². The molecule has 32 heavy (non-hydrogen) atoms. The number of aryl methyl sites for hydroxylation is 1. The molecule has 1 aromatic carbocycles. The van der Waals surface area contributed by atoms with Crippen LogP contribution in [0.25, 0.3) is 0 Å². The van der Waals surface area contributed by atoms with Crippen molar-refractivity contribution in [1.29, 1.82) is 0 Å². The van der Waals surface area contributed by atoms with Gasteiger partial charge in [-0.3, -0.25) is 19.9 Å². The summed E-state index contributed by atoms with van der Waals surface area (Å²) in [4.78, 5) is 27.5. The largest absolute Gasteiger partial charge is 0.357 e. The first-order chi connectivity index (χ1) is 15.0. The number of carbonyl (C=O) groups is 1. The highest BCUT2D eigenvalue weighted by Gasteiger charge is 2.31. The van der Waals surface area contributed by atoms with Crippen LogP contribution < -0.4 is 16.0 Å². The minimum absolute atomic E-state index is 0. The smallest absolute Gasteiger partial charge is 0.269 e. The summed E-state index contributed by atoms with van der Waals surface area (Å²) in [6.07, 6.45) is 9.04. The molecule has 2 fully saturated rings. The van der Waals surface area contributed by atoms with E-state index in [1.807, 2.05) is 12.1 Å².